The third-order valence-corrected chi connectivity index (χ3v) is 4.31. The van der Waals surface area contributed by atoms with E-state index in [2.05, 4.69) is 28.8 Å². The monoisotopic (exact) mass is 307 g/mol. The first-order valence-corrected chi connectivity index (χ1v) is 8.02. The molecule has 7 nitrogen and oxygen atoms in total. The molecule has 2 aliphatic rings. The average molecular weight is 307 g/mol. The SMILES string of the molecule is CC(C)CN1CCO[C@@H]2CN(C(=O)c3ncn(C)n3)C[C@@H]2C1. The molecule has 2 atom stereocenters. The Balaban J connectivity index is 1.64. The van der Waals surface area contributed by atoms with Crippen LogP contribution in [0, 0.1) is 11.8 Å². The average Bonchev–Trinajstić information content (AvgIpc) is 3.00. The third-order valence-electron chi connectivity index (χ3n) is 4.31. The summed E-state index contributed by atoms with van der Waals surface area (Å²) >= 11 is 0. The molecule has 0 radical (unpaired) electrons. The highest BCUT2D eigenvalue weighted by Gasteiger charge is 2.39. The summed E-state index contributed by atoms with van der Waals surface area (Å²) in [4.78, 5) is 20.8. The van der Waals surface area contributed by atoms with Gasteiger partial charge in [0.15, 0.2) is 0 Å². The van der Waals surface area contributed by atoms with Crippen molar-refractivity contribution in [3.63, 3.8) is 0 Å². The maximum Gasteiger partial charge on any atom is 0.293 e. The van der Waals surface area contributed by atoms with Gasteiger partial charge < -0.3 is 14.5 Å². The predicted octanol–water partition coefficient (Wildman–Crippen LogP) is 0.244. The van der Waals surface area contributed by atoms with Gasteiger partial charge in [-0.15, -0.1) is 5.10 Å². The van der Waals surface area contributed by atoms with Gasteiger partial charge in [-0.05, 0) is 5.92 Å². The number of amides is 1. The highest BCUT2D eigenvalue weighted by atomic mass is 16.5. The van der Waals surface area contributed by atoms with Crippen molar-refractivity contribution in [3.8, 4) is 0 Å². The van der Waals surface area contributed by atoms with E-state index >= 15 is 0 Å². The van der Waals surface area contributed by atoms with Crippen LogP contribution >= 0.6 is 0 Å². The lowest BCUT2D eigenvalue weighted by Gasteiger charge is -2.24. The van der Waals surface area contributed by atoms with E-state index in [4.69, 9.17) is 4.74 Å². The molecule has 3 rings (SSSR count). The lowest BCUT2D eigenvalue weighted by molar-refractivity contribution is 0.0480. The van der Waals surface area contributed by atoms with Crippen LogP contribution in [0.15, 0.2) is 6.33 Å². The quantitative estimate of drug-likeness (QED) is 0.801. The summed E-state index contributed by atoms with van der Waals surface area (Å²) in [5.41, 5.74) is 0. The molecule has 2 saturated heterocycles. The summed E-state index contributed by atoms with van der Waals surface area (Å²) in [6.07, 6.45) is 1.70. The number of carbonyl (C=O) groups excluding carboxylic acids is 1. The normalized spacial score (nSPS) is 26.3. The van der Waals surface area contributed by atoms with Crippen LogP contribution in [0.1, 0.15) is 24.5 Å². The molecule has 0 aliphatic carbocycles. The molecule has 1 aromatic heterocycles. The Hall–Kier alpha value is -1.47. The molecule has 0 saturated carbocycles. The molecular weight excluding hydrogens is 282 g/mol. The number of rotatable bonds is 3. The topological polar surface area (TPSA) is 63.5 Å². The summed E-state index contributed by atoms with van der Waals surface area (Å²) in [5.74, 6) is 1.22. The van der Waals surface area contributed by atoms with Crippen LogP contribution in [0.5, 0.6) is 0 Å². The van der Waals surface area contributed by atoms with Gasteiger partial charge in [-0.1, -0.05) is 13.8 Å². The molecule has 1 amide bonds. The van der Waals surface area contributed by atoms with Gasteiger partial charge in [-0.2, -0.15) is 0 Å². The van der Waals surface area contributed by atoms with Crippen molar-refractivity contribution in [2.45, 2.75) is 20.0 Å². The lowest BCUT2D eigenvalue weighted by atomic mass is 10.1. The molecule has 2 aliphatic heterocycles. The van der Waals surface area contributed by atoms with Crippen molar-refractivity contribution < 1.29 is 9.53 Å². The molecule has 0 spiro atoms. The van der Waals surface area contributed by atoms with Crippen molar-refractivity contribution in [2.75, 3.05) is 39.3 Å². The molecule has 2 fully saturated rings. The number of hydrogen-bond donors (Lipinski definition) is 0. The summed E-state index contributed by atoms with van der Waals surface area (Å²) in [5, 5.41) is 4.11. The van der Waals surface area contributed by atoms with Crippen molar-refractivity contribution in [1.29, 1.82) is 0 Å². The Morgan fingerprint density at radius 3 is 2.91 bits per heavy atom. The van der Waals surface area contributed by atoms with Crippen LogP contribution in [0.4, 0.5) is 0 Å². The van der Waals surface area contributed by atoms with Crippen LogP contribution in [-0.4, -0.2) is 75.9 Å². The van der Waals surface area contributed by atoms with E-state index in [1.165, 1.54) is 0 Å². The van der Waals surface area contributed by atoms with Crippen molar-refractivity contribution in [2.24, 2.45) is 18.9 Å². The molecular formula is C15H25N5O2. The van der Waals surface area contributed by atoms with Gasteiger partial charge in [-0.3, -0.25) is 9.48 Å². The van der Waals surface area contributed by atoms with Crippen LogP contribution in [-0.2, 0) is 11.8 Å². The van der Waals surface area contributed by atoms with Crippen molar-refractivity contribution >= 4 is 5.91 Å². The summed E-state index contributed by atoms with van der Waals surface area (Å²) in [7, 11) is 1.77. The van der Waals surface area contributed by atoms with Gasteiger partial charge in [-0.25, -0.2) is 4.98 Å². The van der Waals surface area contributed by atoms with Crippen molar-refractivity contribution in [1.82, 2.24) is 24.6 Å². The van der Waals surface area contributed by atoms with E-state index in [1.807, 2.05) is 4.90 Å². The number of likely N-dealkylation sites (tertiary alicyclic amines) is 1. The molecule has 3 heterocycles. The zero-order valence-electron chi connectivity index (χ0n) is 13.6. The second kappa shape index (κ2) is 6.34. The van der Waals surface area contributed by atoms with Crippen LogP contribution < -0.4 is 0 Å². The standard InChI is InChI=1S/C15H25N5O2/c1-11(2)6-19-4-5-22-13-9-20(8-12(13)7-19)15(21)14-16-10-18(3)17-14/h10-13H,4-9H2,1-3H3/t12-,13+/m0/s1. The van der Waals surface area contributed by atoms with E-state index < -0.39 is 0 Å². The lowest BCUT2D eigenvalue weighted by Crippen LogP contribution is -2.36. The second-order valence-corrected chi connectivity index (χ2v) is 6.77. The first-order chi connectivity index (χ1) is 10.5. The number of carbonyl (C=O) groups is 1. The Morgan fingerprint density at radius 1 is 1.41 bits per heavy atom. The number of hydrogen-bond acceptors (Lipinski definition) is 5. The molecule has 0 N–H and O–H groups in total. The molecule has 0 bridgehead atoms. The largest absolute Gasteiger partial charge is 0.375 e. The Kier molecular flexibility index (Phi) is 4.44. The van der Waals surface area contributed by atoms with E-state index in [1.54, 1.807) is 18.1 Å². The van der Waals surface area contributed by atoms with Gasteiger partial charge in [0.25, 0.3) is 5.91 Å². The third kappa shape index (κ3) is 3.30. The number of nitrogens with zero attached hydrogens (tertiary/aromatic N) is 5. The number of aromatic nitrogens is 3. The van der Waals surface area contributed by atoms with Gasteiger partial charge in [0, 0.05) is 45.7 Å². The summed E-state index contributed by atoms with van der Waals surface area (Å²) in [6, 6.07) is 0. The smallest absolute Gasteiger partial charge is 0.293 e. The van der Waals surface area contributed by atoms with Crippen LogP contribution in [0.3, 0.4) is 0 Å². The van der Waals surface area contributed by atoms with Crippen molar-refractivity contribution in [3.05, 3.63) is 12.2 Å². The summed E-state index contributed by atoms with van der Waals surface area (Å²) < 4.78 is 7.54. The highest BCUT2D eigenvalue weighted by molar-refractivity contribution is 5.90. The van der Waals surface area contributed by atoms with Crippen LogP contribution in [0.25, 0.3) is 0 Å². The Labute approximate surface area is 131 Å². The number of ether oxygens (including phenoxy) is 1. The predicted molar refractivity (Wildman–Crippen MR) is 81.4 cm³/mol. The van der Waals surface area contributed by atoms with Gasteiger partial charge in [0.2, 0.25) is 5.82 Å². The Morgan fingerprint density at radius 2 is 2.23 bits per heavy atom. The first kappa shape index (κ1) is 15.4. The van der Waals surface area contributed by atoms with Gasteiger partial charge >= 0.3 is 0 Å². The van der Waals surface area contributed by atoms with E-state index in [0.29, 0.717) is 18.4 Å². The number of fused-ring (bicyclic) bond motifs is 1. The minimum absolute atomic E-state index is 0.0901. The molecule has 22 heavy (non-hydrogen) atoms. The maximum atomic E-state index is 12.5. The van der Waals surface area contributed by atoms with E-state index in [-0.39, 0.29) is 17.8 Å². The second-order valence-electron chi connectivity index (χ2n) is 6.77. The number of aryl methyl sites for hydroxylation is 1. The van der Waals surface area contributed by atoms with Gasteiger partial charge in [0.05, 0.1) is 12.7 Å². The maximum absolute atomic E-state index is 12.5. The fraction of sp³-hybridized carbons (Fsp3) is 0.800. The van der Waals surface area contributed by atoms with Crippen LogP contribution in [0.2, 0.25) is 0 Å². The minimum Gasteiger partial charge on any atom is -0.375 e. The first-order valence-electron chi connectivity index (χ1n) is 8.02. The zero-order valence-corrected chi connectivity index (χ0v) is 13.6. The highest BCUT2D eigenvalue weighted by Crippen LogP contribution is 2.24. The van der Waals surface area contributed by atoms with Gasteiger partial charge in [0.1, 0.15) is 6.33 Å². The molecule has 7 heteroatoms. The Bertz CT molecular complexity index is 530. The zero-order chi connectivity index (χ0) is 15.7. The molecule has 0 aromatic carbocycles. The molecule has 0 unspecified atom stereocenters. The fourth-order valence-electron chi connectivity index (χ4n) is 3.39. The van der Waals surface area contributed by atoms with E-state index in [0.717, 1.165) is 32.8 Å². The summed E-state index contributed by atoms with van der Waals surface area (Å²) in [6.45, 7) is 9.68. The molecule has 122 valence electrons. The van der Waals surface area contributed by atoms with E-state index in [9.17, 15) is 4.79 Å². The minimum atomic E-state index is -0.0901. The fourth-order valence-corrected chi connectivity index (χ4v) is 3.39. The molecule has 1 aromatic rings.